The van der Waals surface area contributed by atoms with E-state index in [4.69, 9.17) is 5.11 Å². The van der Waals surface area contributed by atoms with Gasteiger partial charge in [0.15, 0.2) is 0 Å². The molecule has 0 spiro atoms. The van der Waals surface area contributed by atoms with Crippen molar-refractivity contribution in [1.29, 1.82) is 0 Å². The Labute approximate surface area is 113 Å². The van der Waals surface area contributed by atoms with Crippen LogP contribution in [0.15, 0.2) is 0 Å². The quantitative estimate of drug-likeness (QED) is 0.354. The Bertz CT molecular complexity index is 202. The van der Waals surface area contributed by atoms with Gasteiger partial charge in [0.1, 0.15) is 33.0 Å². The van der Waals surface area contributed by atoms with Crippen molar-refractivity contribution in [3.63, 3.8) is 0 Å². The Hall–Kier alpha value is 1.33. The third-order valence-corrected chi connectivity index (χ3v) is 3.00. The minimum Gasteiger partial charge on any atom is -0.781 e. The summed E-state index contributed by atoms with van der Waals surface area (Å²) in [5.41, 5.74) is 0. The summed E-state index contributed by atoms with van der Waals surface area (Å²) in [4.78, 5) is 37.1. The van der Waals surface area contributed by atoms with Gasteiger partial charge in [0.05, 0.1) is 0 Å². The molecule has 4 unspecified atom stereocenters. The van der Waals surface area contributed by atoms with Crippen LogP contribution in [0.4, 0.5) is 0 Å². The molecule has 0 aromatic carbocycles. The molecule has 0 aromatic rings. The zero-order valence-electron chi connectivity index (χ0n) is 7.94. The summed E-state index contributed by atoms with van der Waals surface area (Å²) in [5.74, 6) is 0. The van der Waals surface area contributed by atoms with Gasteiger partial charge in [0.2, 0.25) is 0 Å². The average Bonchev–Trinajstić information content (AvgIpc) is 2.03. The van der Waals surface area contributed by atoms with Gasteiger partial charge in [-0.3, -0.25) is 8.62 Å². The maximum absolute atomic E-state index is 9.29. The van der Waals surface area contributed by atoms with Gasteiger partial charge in [-0.05, 0) is 0 Å². The molecule has 0 aliphatic carbocycles. The van der Waals surface area contributed by atoms with Gasteiger partial charge in [0, 0.05) is 7.11 Å². The van der Waals surface area contributed by atoms with Gasteiger partial charge in [0.25, 0.3) is 0 Å². The first kappa shape index (κ1) is 26.8. The van der Waals surface area contributed by atoms with Crippen LogP contribution in [0, 0.1) is 0 Å². The molecule has 0 heterocycles. The van der Waals surface area contributed by atoms with Crippen LogP contribution in [0.3, 0.4) is 0 Å². The van der Waals surface area contributed by atoms with E-state index in [1.165, 1.54) is 0 Å². The second kappa shape index (κ2) is 19.7. The zero-order chi connectivity index (χ0) is 13.7. The van der Waals surface area contributed by atoms with E-state index in [9.17, 15) is 37.8 Å². The fourth-order valence-electron chi connectivity index (χ4n) is 0.136. The maximum Gasteiger partial charge on any atom is 4.00 e. The predicted molar refractivity (Wildman–Crippen MR) is 46.3 cm³/mol. The first-order valence-corrected chi connectivity index (χ1v) is 7.80. The van der Waals surface area contributed by atoms with Gasteiger partial charge in [-0.15, -0.1) is 0 Å². The summed E-state index contributed by atoms with van der Waals surface area (Å²) in [7, 11) is -13.1. The first-order valence-electron chi connectivity index (χ1n) is 2.90. The van der Waals surface area contributed by atoms with E-state index in [0.717, 1.165) is 7.11 Å². The molecule has 0 radical (unpaired) electrons. The van der Waals surface area contributed by atoms with Crippen molar-refractivity contribution < 1.29 is 72.6 Å². The summed E-state index contributed by atoms with van der Waals surface area (Å²) in [6.07, 6.45) is 0. The molecule has 4 atom stereocenters. The van der Waals surface area contributed by atoms with Crippen LogP contribution in [-0.2, 0) is 47.9 Å². The van der Waals surface area contributed by atoms with E-state index >= 15 is 0 Å². The minimum atomic E-state index is -3.51. The van der Waals surface area contributed by atoms with Gasteiger partial charge in [-0.25, -0.2) is 0 Å². The average molecular weight is 416 g/mol. The van der Waals surface area contributed by atoms with Crippen LogP contribution in [0.25, 0.3) is 0 Å². The molecule has 0 saturated carbocycles. The van der Waals surface area contributed by atoms with Gasteiger partial charge in [-0.1, -0.05) is 0 Å². The molecule has 104 valence electrons. The number of hydrogen-bond donors (Lipinski definition) is 1. The van der Waals surface area contributed by atoms with Crippen LogP contribution in [-0.4, -0.2) is 12.2 Å². The molecule has 0 aliphatic heterocycles. The Morgan fingerprint density at radius 3 is 0.824 bits per heavy atom. The van der Waals surface area contributed by atoms with Crippen molar-refractivity contribution in [2.45, 2.75) is 0 Å². The van der Waals surface area contributed by atoms with Crippen molar-refractivity contribution in [2.75, 3.05) is 7.11 Å². The van der Waals surface area contributed by atoms with E-state index < -0.39 is 33.0 Å². The van der Waals surface area contributed by atoms with Gasteiger partial charge in [-0.2, -0.15) is 0 Å². The molecule has 0 bridgehead atoms. The number of aliphatic hydroxyl groups excluding tert-OH is 1. The molecule has 16 heteroatoms. The van der Waals surface area contributed by atoms with Gasteiger partial charge >= 0.3 is 21.1 Å². The third kappa shape index (κ3) is 46.8. The number of rotatable bonds is 4. The molecular formula is CH8MoO11P4. The second-order valence-corrected chi connectivity index (χ2v) is 4.84. The third-order valence-electron chi connectivity index (χ3n) is 0.333. The van der Waals surface area contributed by atoms with Crippen molar-refractivity contribution in [3.05, 3.63) is 0 Å². The molecular weight excluding hydrogens is 408 g/mol. The number of hydrogen-bond acceptors (Lipinski definition) is 11. The topological polar surface area (TPSA) is 199 Å². The van der Waals surface area contributed by atoms with E-state index in [1.54, 1.807) is 0 Å². The molecule has 0 saturated heterocycles. The Kier molecular flexibility index (Phi) is 31.0. The van der Waals surface area contributed by atoms with Crippen LogP contribution in [0.1, 0.15) is 0 Å². The van der Waals surface area contributed by atoms with Crippen LogP contribution in [0.5, 0.6) is 0 Å². The van der Waals surface area contributed by atoms with Crippen LogP contribution >= 0.6 is 33.0 Å². The molecule has 0 aliphatic rings. The molecule has 0 amide bonds. The largest absolute Gasteiger partial charge is 4.00 e. The normalized spacial score (nSPS) is 15.6. The Morgan fingerprint density at radius 2 is 0.824 bits per heavy atom. The monoisotopic (exact) mass is 418 g/mol. The van der Waals surface area contributed by atoms with Crippen molar-refractivity contribution in [1.82, 2.24) is 0 Å². The van der Waals surface area contributed by atoms with E-state index in [1.807, 2.05) is 0 Å². The van der Waals surface area contributed by atoms with E-state index in [2.05, 4.69) is 8.62 Å². The zero-order valence-corrected chi connectivity index (χ0v) is 13.9. The summed E-state index contributed by atoms with van der Waals surface area (Å²) < 4.78 is 43.6. The summed E-state index contributed by atoms with van der Waals surface area (Å²) >= 11 is 0. The molecule has 0 rings (SSSR count). The molecule has 11 nitrogen and oxygen atoms in total. The molecule has 17 heavy (non-hydrogen) atoms. The minimum absolute atomic E-state index is 0. The van der Waals surface area contributed by atoms with Gasteiger partial charge < -0.3 is 42.9 Å². The van der Waals surface area contributed by atoms with Crippen molar-refractivity contribution in [3.8, 4) is 0 Å². The molecule has 0 aromatic heterocycles. The first-order chi connectivity index (χ1) is 7.25. The Balaban J connectivity index is -0.0000000823. The summed E-state index contributed by atoms with van der Waals surface area (Å²) in [6.45, 7) is 0. The standard InChI is InChI=1S/CH4O.Mo.2H4O5P2/c1-2;;2*1-6(2)5-7(3)4/h2H,1H3;;2*6-7H,(H,1,2)(H,3,4)/q;+4;;/p-4. The number of aliphatic hydroxyl groups is 1. The van der Waals surface area contributed by atoms with Crippen LogP contribution < -0.4 is 19.6 Å². The SMILES string of the molecule is CO.O=[PH]([O-])O[PH](=O)[O-].O=[PH]([O-])O[PH](=O)[O-].[Mo+4]. The smallest absolute Gasteiger partial charge is 0.781 e. The van der Waals surface area contributed by atoms with E-state index in [0.29, 0.717) is 0 Å². The second-order valence-electron chi connectivity index (χ2n) is 1.20. The van der Waals surface area contributed by atoms with Crippen molar-refractivity contribution in [2.24, 2.45) is 0 Å². The fourth-order valence-corrected chi connectivity index (χ4v) is 1.22. The fraction of sp³-hybridized carbons (Fsp3) is 1.00. The molecule has 0 fully saturated rings. The predicted octanol–water partition coefficient (Wildman–Crippen LogP) is -3.39. The summed E-state index contributed by atoms with van der Waals surface area (Å²) in [6, 6.07) is 0. The molecule has 1 N–H and O–H groups in total. The van der Waals surface area contributed by atoms with E-state index in [-0.39, 0.29) is 21.1 Å². The van der Waals surface area contributed by atoms with Crippen LogP contribution in [0.2, 0.25) is 0 Å². The Morgan fingerprint density at radius 1 is 0.706 bits per heavy atom. The van der Waals surface area contributed by atoms with Crippen molar-refractivity contribution >= 4 is 33.0 Å². The maximum atomic E-state index is 9.29. The summed E-state index contributed by atoms with van der Waals surface area (Å²) in [5, 5.41) is 7.00.